The number of nitrogens with two attached hydrogens (primary N) is 3. The van der Waals surface area contributed by atoms with Gasteiger partial charge in [0.2, 0.25) is 17.7 Å². The Morgan fingerprint density at radius 3 is 1.74 bits per heavy atom. The second-order valence-electron chi connectivity index (χ2n) is 8.46. The van der Waals surface area contributed by atoms with E-state index in [4.69, 9.17) is 17.2 Å². The summed E-state index contributed by atoms with van der Waals surface area (Å²) in [7, 11) is 0. The first-order chi connectivity index (χ1) is 15.9. The van der Waals surface area contributed by atoms with E-state index in [9.17, 15) is 34.2 Å². The standard InChI is InChI=1S/C21H40N6O7/c1-12(2)17(27-18(30)13(24)7-3-5-9-22)20(32)26-15(11-16(28)29)19(31)25-14(21(33)34)8-4-6-10-23/h12-15,17H,3-11,22-24H2,1-2H3,(H,25,31)(H,26,32)(H,27,30)(H,28,29)(H,33,34)/t13-,14-,15-,17-/m0/s1. The molecule has 0 aromatic rings. The third-order valence-electron chi connectivity index (χ3n) is 5.13. The van der Waals surface area contributed by atoms with Crippen LogP contribution in [0, 0.1) is 5.92 Å². The maximum absolute atomic E-state index is 12.8. The second kappa shape index (κ2) is 16.8. The maximum Gasteiger partial charge on any atom is 0.326 e. The molecule has 34 heavy (non-hydrogen) atoms. The number of hydrogen-bond donors (Lipinski definition) is 8. The third-order valence-corrected chi connectivity index (χ3v) is 5.13. The highest BCUT2D eigenvalue weighted by Gasteiger charge is 2.32. The molecule has 0 heterocycles. The van der Waals surface area contributed by atoms with Crippen molar-refractivity contribution >= 4 is 29.7 Å². The molecule has 0 radical (unpaired) electrons. The van der Waals surface area contributed by atoms with Crippen LogP contribution in [0.4, 0.5) is 0 Å². The van der Waals surface area contributed by atoms with Crippen molar-refractivity contribution in [1.82, 2.24) is 16.0 Å². The van der Waals surface area contributed by atoms with E-state index >= 15 is 0 Å². The summed E-state index contributed by atoms with van der Waals surface area (Å²) >= 11 is 0. The molecule has 13 heteroatoms. The van der Waals surface area contributed by atoms with Crippen molar-refractivity contribution in [2.45, 2.75) is 83.0 Å². The first-order valence-corrected chi connectivity index (χ1v) is 11.5. The van der Waals surface area contributed by atoms with Gasteiger partial charge in [-0.05, 0) is 51.1 Å². The molecular weight excluding hydrogens is 448 g/mol. The molecule has 0 bridgehead atoms. The molecule has 0 aliphatic rings. The van der Waals surface area contributed by atoms with Gasteiger partial charge in [-0.3, -0.25) is 19.2 Å². The lowest BCUT2D eigenvalue weighted by molar-refractivity contribution is -0.144. The lowest BCUT2D eigenvalue weighted by Crippen LogP contribution is -2.58. The number of rotatable bonds is 18. The maximum atomic E-state index is 12.8. The number of unbranched alkanes of at least 4 members (excludes halogenated alkanes) is 2. The molecule has 0 aliphatic heterocycles. The van der Waals surface area contributed by atoms with Crippen LogP contribution in [0.1, 0.15) is 58.8 Å². The highest BCUT2D eigenvalue weighted by molar-refractivity contribution is 5.95. The number of carbonyl (C=O) groups is 5. The molecular formula is C21H40N6O7. The molecule has 196 valence electrons. The topological polar surface area (TPSA) is 240 Å². The zero-order valence-electron chi connectivity index (χ0n) is 19.9. The van der Waals surface area contributed by atoms with E-state index in [-0.39, 0.29) is 6.42 Å². The summed E-state index contributed by atoms with van der Waals surface area (Å²) in [5, 5.41) is 25.6. The van der Waals surface area contributed by atoms with Crippen molar-refractivity contribution < 1.29 is 34.2 Å². The highest BCUT2D eigenvalue weighted by atomic mass is 16.4. The van der Waals surface area contributed by atoms with Crippen LogP contribution in [0.3, 0.4) is 0 Å². The highest BCUT2D eigenvalue weighted by Crippen LogP contribution is 2.07. The quantitative estimate of drug-likeness (QED) is 0.101. The van der Waals surface area contributed by atoms with E-state index < -0.39 is 66.2 Å². The van der Waals surface area contributed by atoms with Crippen LogP contribution in [0.15, 0.2) is 0 Å². The molecule has 0 unspecified atom stereocenters. The fourth-order valence-corrected chi connectivity index (χ4v) is 3.10. The van der Waals surface area contributed by atoms with E-state index in [1.165, 1.54) is 0 Å². The van der Waals surface area contributed by atoms with Gasteiger partial charge in [-0.15, -0.1) is 0 Å². The van der Waals surface area contributed by atoms with Gasteiger partial charge in [0, 0.05) is 0 Å². The predicted octanol–water partition coefficient (Wildman–Crippen LogP) is -1.76. The van der Waals surface area contributed by atoms with Crippen molar-refractivity contribution in [1.29, 1.82) is 0 Å². The Morgan fingerprint density at radius 1 is 0.735 bits per heavy atom. The zero-order chi connectivity index (χ0) is 26.3. The monoisotopic (exact) mass is 488 g/mol. The van der Waals surface area contributed by atoms with Crippen LogP contribution in [-0.4, -0.2) is 77.1 Å². The largest absolute Gasteiger partial charge is 0.481 e. The summed E-state index contributed by atoms with van der Waals surface area (Å²) in [6.45, 7) is 4.15. The minimum atomic E-state index is -1.54. The Kier molecular flexibility index (Phi) is 15.4. The summed E-state index contributed by atoms with van der Waals surface area (Å²) < 4.78 is 0. The van der Waals surface area contributed by atoms with E-state index in [1.807, 2.05) is 0 Å². The van der Waals surface area contributed by atoms with Crippen molar-refractivity contribution in [3.8, 4) is 0 Å². The Bertz CT molecular complexity index is 689. The summed E-state index contributed by atoms with van der Waals surface area (Å²) in [5.41, 5.74) is 16.7. The SMILES string of the molecule is CC(C)[C@H](NC(=O)[C@@H](N)CCCCN)C(=O)N[C@@H](CC(=O)O)C(=O)N[C@@H](CCCCN)C(=O)O. The van der Waals surface area contributed by atoms with E-state index in [0.717, 1.165) is 0 Å². The van der Waals surface area contributed by atoms with Gasteiger partial charge in [-0.1, -0.05) is 20.3 Å². The lowest BCUT2D eigenvalue weighted by Gasteiger charge is -2.26. The molecule has 0 saturated carbocycles. The average Bonchev–Trinajstić information content (AvgIpc) is 2.75. The van der Waals surface area contributed by atoms with Gasteiger partial charge in [0.15, 0.2) is 0 Å². The number of carbonyl (C=O) groups excluding carboxylic acids is 3. The fourth-order valence-electron chi connectivity index (χ4n) is 3.10. The molecule has 0 rings (SSSR count). The van der Waals surface area contributed by atoms with Crippen LogP contribution in [0.25, 0.3) is 0 Å². The number of carboxylic acids is 2. The predicted molar refractivity (Wildman–Crippen MR) is 124 cm³/mol. The third kappa shape index (κ3) is 12.5. The summed E-state index contributed by atoms with van der Waals surface area (Å²) in [4.78, 5) is 60.6. The number of hydrogen-bond acceptors (Lipinski definition) is 8. The molecule has 0 aliphatic carbocycles. The van der Waals surface area contributed by atoms with Gasteiger partial charge < -0.3 is 43.4 Å². The van der Waals surface area contributed by atoms with Gasteiger partial charge in [0.25, 0.3) is 0 Å². The van der Waals surface area contributed by atoms with E-state index in [1.54, 1.807) is 13.8 Å². The number of aliphatic carboxylic acids is 2. The van der Waals surface area contributed by atoms with Gasteiger partial charge in [0.1, 0.15) is 18.1 Å². The minimum absolute atomic E-state index is 0.0960. The summed E-state index contributed by atoms with van der Waals surface area (Å²) in [6, 6.07) is -4.75. The molecule has 0 fully saturated rings. The van der Waals surface area contributed by atoms with Crippen LogP contribution in [-0.2, 0) is 24.0 Å². The molecule has 3 amide bonds. The molecule has 0 aromatic carbocycles. The van der Waals surface area contributed by atoms with Gasteiger partial charge >= 0.3 is 11.9 Å². The normalized spacial score (nSPS) is 14.5. The van der Waals surface area contributed by atoms with Crippen molar-refractivity contribution in [3.05, 3.63) is 0 Å². The first-order valence-electron chi connectivity index (χ1n) is 11.5. The van der Waals surface area contributed by atoms with Gasteiger partial charge in [-0.2, -0.15) is 0 Å². The van der Waals surface area contributed by atoms with Gasteiger partial charge in [-0.25, -0.2) is 4.79 Å². The molecule has 4 atom stereocenters. The van der Waals surface area contributed by atoms with Crippen LogP contribution in [0.5, 0.6) is 0 Å². The Labute approximate surface area is 199 Å². The number of amides is 3. The smallest absolute Gasteiger partial charge is 0.326 e. The van der Waals surface area contributed by atoms with Crippen LogP contribution >= 0.6 is 0 Å². The van der Waals surface area contributed by atoms with Crippen LogP contribution in [0.2, 0.25) is 0 Å². The number of nitrogens with one attached hydrogen (secondary N) is 3. The Balaban J connectivity index is 5.32. The van der Waals surface area contributed by atoms with Crippen molar-refractivity contribution in [2.75, 3.05) is 13.1 Å². The van der Waals surface area contributed by atoms with E-state index in [0.29, 0.717) is 45.2 Å². The van der Waals surface area contributed by atoms with Crippen LogP contribution < -0.4 is 33.2 Å². The second-order valence-corrected chi connectivity index (χ2v) is 8.46. The average molecular weight is 489 g/mol. The van der Waals surface area contributed by atoms with Crippen molar-refractivity contribution in [3.63, 3.8) is 0 Å². The number of carboxylic acid groups (broad SMARTS) is 2. The Hall–Kier alpha value is -2.77. The minimum Gasteiger partial charge on any atom is -0.481 e. The molecule has 0 saturated heterocycles. The molecule has 13 nitrogen and oxygen atoms in total. The molecule has 0 spiro atoms. The Morgan fingerprint density at radius 2 is 1.26 bits per heavy atom. The summed E-state index contributed by atoms with van der Waals surface area (Å²) in [5.74, 6) is -5.37. The first kappa shape index (κ1) is 31.2. The molecule has 11 N–H and O–H groups in total. The van der Waals surface area contributed by atoms with Crippen molar-refractivity contribution in [2.24, 2.45) is 23.1 Å². The van der Waals surface area contributed by atoms with E-state index in [2.05, 4.69) is 16.0 Å². The molecule has 0 aromatic heterocycles. The fraction of sp³-hybridized carbons (Fsp3) is 0.762. The van der Waals surface area contributed by atoms with Gasteiger partial charge in [0.05, 0.1) is 12.5 Å². The lowest BCUT2D eigenvalue weighted by atomic mass is 10.0. The summed E-state index contributed by atoms with van der Waals surface area (Å²) in [6.07, 6.45) is 2.03. The zero-order valence-corrected chi connectivity index (χ0v) is 19.9.